The third kappa shape index (κ3) is 7.09. The number of nitrogens with one attached hydrogen (secondary N) is 1. The highest BCUT2D eigenvalue weighted by Crippen LogP contribution is 2.25. The number of hydrogen-bond donors (Lipinski definition) is 2. The van der Waals surface area contributed by atoms with Gasteiger partial charge in [0.15, 0.2) is 6.61 Å². The Morgan fingerprint density at radius 1 is 1.35 bits per heavy atom. The van der Waals surface area contributed by atoms with Crippen LogP contribution in [-0.4, -0.2) is 24.2 Å². The zero-order valence-electron chi connectivity index (χ0n) is 13.3. The average Bonchev–Trinajstić information content (AvgIpc) is 2.36. The van der Waals surface area contributed by atoms with Crippen LogP contribution in [0, 0.1) is 6.92 Å². The molecule has 132 valence electrons. The molecule has 0 aliphatic heterocycles. The lowest BCUT2D eigenvalue weighted by Gasteiger charge is -2.23. The van der Waals surface area contributed by atoms with Crippen molar-refractivity contribution in [3.05, 3.63) is 23.8 Å². The third-order valence-corrected chi connectivity index (χ3v) is 3.11. The fraction of sp³-hybridized carbons (Fsp3) is 0.533. The summed E-state index contributed by atoms with van der Waals surface area (Å²) in [7, 11) is 0. The van der Waals surface area contributed by atoms with Crippen molar-refractivity contribution in [3.63, 3.8) is 0 Å². The molecule has 3 N–H and O–H groups in total. The van der Waals surface area contributed by atoms with Crippen molar-refractivity contribution >= 4 is 24.0 Å². The zero-order valence-corrected chi connectivity index (χ0v) is 14.1. The second-order valence-electron chi connectivity index (χ2n) is 5.51. The number of aryl methyl sites for hydroxylation is 1. The lowest BCUT2D eigenvalue weighted by atomic mass is 9.96. The molecule has 0 heterocycles. The molecule has 0 radical (unpaired) electrons. The van der Waals surface area contributed by atoms with Gasteiger partial charge in [0.1, 0.15) is 5.75 Å². The van der Waals surface area contributed by atoms with Crippen molar-refractivity contribution in [2.45, 2.75) is 45.3 Å². The number of carbonyl (C=O) groups is 1. The van der Waals surface area contributed by atoms with Crippen LogP contribution in [0.5, 0.6) is 5.75 Å². The summed E-state index contributed by atoms with van der Waals surface area (Å²) in [6.45, 7) is 3.82. The third-order valence-electron chi connectivity index (χ3n) is 3.11. The zero-order chi connectivity index (χ0) is 17.0. The Bertz CT molecular complexity index is 534. The molecular formula is C15H22ClF3N2O2. The van der Waals surface area contributed by atoms with E-state index in [1.165, 1.54) is 12.1 Å². The van der Waals surface area contributed by atoms with Crippen molar-refractivity contribution in [3.8, 4) is 5.75 Å². The van der Waals surface area contributed by atoms with Gasteiger partial charge in [-0.25, -0.2) is 0 Å². The van der Waals surface area contributed by atoms with Crippen LogP contribution in [0.3, 0.4) is 0 Å². The number of carbonyl (C=O) groups excluding carboxylic acids is 1. The van der Waals surface area contributed by atoms with Crippen molar-refractivity contribution in [2.24, 2.45) is 5.73 Å². The van der Waals surface area contributed by atoms with Crippen molar-refractivity contribution in [1.29, 1.82) is 0 Å². The summed E-state index contributed by atoms with van der Waals surface area (Å²) < 4.78 is 41.1. The van der Waals surface area contributed by atoms with E-state index in [0.717, 1.165) is 6.42 Å². The molecule has 23 heavy (non-hydrogen) atoms. The molecular weight excluding hydrogens is 333 g/mol. The Morgan fingerprint density at radius 3 is 2.43 bits per heavy atom. The van der Waals surface area contributed by atoms with Gasteiger partial charge in [0.25, 0.3) is 0 Å². The fourth-order valence-electron chi connectivity index (χ4n) is 1.96. The number of nitrogens with two attached hydrogens (primary N) is 1. The number of anilines is 1. The first kappa shape index (κ1) is 21.5. The summed E-state index contributed by atoms with van der Waals surface area (Å²) >= 11 is 0. The summed E-state index contributed by atoms with van der Waals surface area (Å²) in [4.78, 5) is 12.1. The minimum Gasteiger partial charge on any atom is -0.484 e. The van der Waals surface area contributed by atoms with Gasteiger partial charge < -0.3 is 15.8 Å². The van der Waals surface area contributed by atoms with Crippen LogP contribution in [0.1, 0.15) is 32.3 Å². The van der Waals surface area contributed by atoms with Crippen LogP contribution in [0.4, 0.5) is 18.9 Å². The first-order valence-corrected chi connectivity index (χ1v) is 6.95. The molecule has 0 aliphatic rings. The number of rotatable bonds is 6. The van der Waals surface area contributed by atoms with Gasteiger partial charge in [-0.05, 0) is 44.0 Å². The Morgan fingerprint density at radius 2 is 1.96 bits per heavy atom. The van der Waals surface area contributed by atoms with Crippen molar-refractivity contribution in [2.75, 3.05) is 11.9 Å². The number of amides is 1. The first-order valence-electron chi connectivity index (χ1n) is 6.95. The normalized spacial score (nSPS) is 13.7. The molecule has 0 bridgehead atoms. The predicted molar refractivity (Wildman–Crippen MR) is 86.1 cm³/mol. The molecule has 0 saturated heterocycles. The van der Waals surface area contributed by atoms with Crippen molar-refractivity contribution in [1.82, 2.24) is 0 Å². The van der Waals surface area contributed by atoms with Gasteiger partial charge in [-0.15, -0.1) is 12.4 Å². The van der Waals surface area contributed by atoms with Crippen molar-refractivity contribution < 1.29 is 22.7 Å². The molecule has 1 unspecified atom stereocenters. The van der Waals surface area contributed by atoms with E-state index in [0.29, 0.717) is 17.7 Å². The standard InChI is InChI=1S/C15H21F3N2O2.ClH/c1-4-7-14(3,19)13(21)20-11-5-6-12(10(2)8-11)22-9-15(16,17)18;/h5-6,8H,4,7,9,19H2,1-3H3,(H,20,21);1H. The van der Waals surface area contributed by atoms with E-state index in [-0.39, 0.29) is 24.1 Å². The molecule has 0 aromatic heterocycles. The Balaban J connectivity index is 0.00000484. The summed E-state index contributed by atoms with van der Waals surface area (Å²) in [5, 5.41) is 2.67. The van der Waals surface area contributed by atoms with Gasteiger partial charge >= 0.3 is 6.18 Å². The first-order chi connectivity index (χ1) is 10.0. The lowest BCUT2D eigenvalue weighted by molar-refractivity contribution is -0.153. The Labute approximate surface area is 140 Å². The lowest BCUT2D eigenvalue weighted by Crippen LogP contribution is -2.48. The van der Waals surface area contributed by atoms with Crippen LogP contribution < -0.4 is 15.8 Å². The van der Waals surface area contributed by atoms with Crippen LogP contribution >= 0.6 is 12.4 Å². The quantitative estimate of drug-likeness (QED) is 0.816. The topological polar surface area (TPSA) is 64.4 Å². The largest absolute Gasteiger partial charge is 0.484 e. The van der Waals surface area contributed by atoms with Crippen LogP contribution in [0.15, 0.2) is 18.2 Å². The minimum absolute atomic E-state index is 0. The Hall–Kier alpha value is -1.47. The molecule has 4 nitrogen and oxygen atoms in total. The van der Waals surface area contributed by atoms with E-state index < -0.39 is 18.3 Å². The molecule has 1 aromatic carbocycles. The Kier molecular flexibility index (Phi) is 7.86. The van der Waals surface area contributed by atoms with Crippen LogP contribution in [0.25, 0.3) is 0 Å². The van der Waals surface area contributed by atoms with E-state index in [1.54, 1.807) is 19.9 Å². The number of halogens is 4. The van der Waals surface area contributed by atoms with E-state index in [1.807, 2.05) is 6.92 Å². The molecule has 1 atom stereocenters. The number of benzene rings is 1. The number of alkyl halides is 3. The van der Waals surface area contributed by atoms with Gasteiger partial charge in [-0.3, -0.25) is 4.79 Å². The highest BCUT2D eigenvalue weighted by atomic mass is 35.5. The highest BCUT2D eigenvalue weighted by molar-refractivity contribution is 5.97. The van der Waals surface area contributed by atoms with E-state index in [2.05, 4.69) is 5.32 Å². The summed E-state index contributed by atoms with van der Waals surface area (Å²) in [5.41, 5.74) is 5.89. The van der Waals surface area contributed by atoms with E-state index >= 15 is 0 Å². The molecule has 1 amide bonds. The summed E-state index contributed by atoms with van der Waals surface area (Å²) in [5.74, 6) is -0.211. The molecule has 0 fully saturated rings. The molecule has 1 rings (SSSR count). The monoisotopic (exact) mass is 354 g/mol. The number of ether oxygens (including phenoxy) is 1. The molecule has 8 heteroatoms. The number of hydrogen-bond acceptors (Lipinski definition) is 3. The van der Waals surface area contributed by atoms with Gasteiger partial charge in [0, 0.05) is 5.69 Å². The molecule has 0 spiro atoms. The van der Waals surface area contributed by atoms with Crippen LogP contribution in [-0.2, 0) is 4.79 Å². The maximum absolute atomic E-state index is 12.1. The molecule has 0 saturated carbocycles. The maximum Gasteiger partial charge on any atom is 0.422 e. The van der Waals surface area contributed by atoms with E-state index in [4.69, 9.17) is 10.5 Å². The molecule has 0 aliphatic carbocycles. The summed E-state index contributed by atoms with van der Waals surface area (Å²) in [6.07, 6.45) is -3.09. The van der Waals surface area contributed by atoms with E-state index in [9.17, 15) is 18.0 Å². The second kappa shape index (κ2) is 8.40. The second-order valence-corrected chi connectivity index (χ2v) is 5.51. The van der Waals surface area contributed by atoms with Gasteiger partial charge in [-0.1, -0.05) is 13.3 Å². The average molecular weight is 355 g/mol. The molecule has 1 aromatic rings. The highest BCUT2D eigenvalue weighted by Gasteiger charge is 2.29. The SMILES string of the molecule is CCCC(C)(N)C(=O)Nc1ccc(OCC(F)(F)F)c(C)c1.Cl. The maximum atomic E-state index is 12.1. The van der Waals surface area contributed by atoms with Crippen LogP contribution in [0.2, 0.25) is 0 Å². The summed E-state index contributed by atoms with van der Waals surface area (Å²) in [6, 6.07) is 4.43. The predicted octanol–water partition coefficient (Wildman–Crippen LogP) is 3.81. The van der Waals surface area contributed by atoms with Gasteiger partial charge in [-0.2, -0.15) is 13.2 Å². The van der Waals surface area contributed by atoms with Gasteiger partial charge in [0.05, 0.1) is 5.54 Å². The fourth-order valence-corrected chi connectivity index (χ4v) is 1.96. The van der Waals surface area contributed by atoms with Gasteiger partial charge in [0.2, 0.25) is 5.91 Å². The minimum atomic E-state index is -4.39. The smallest absolute Gasteiger partial charge is 0.422 e.